The maximum atomic E-state index is 13.5. The van der Waals surface area contributed by atoms with Gasteiger partial charge in [-0.15, -0.1) is 0 Å². The van der Waals surface area contributed by atoms with Gasteiger partial charge in [-0.2, -0.15) is 13.2 Å². The van der Waals surface area contributed by atoms with Gasteiger partial charge in [-0.05, 0) is 60.0 Å². The molecule has 0 bridgehead atoms. The van der Waals surface area contributed by atoms with Crippen molar-refractivity contribution in [3.63, 3.8) is 0 Å². The second-order valence-corrected chi connectivity index (χ2v) is 7.53. The summed E-state index contributed by atoms with van der Waals surface area (Å²) >= 11 is 0. The zero-order valence-electron chi connectivity index (χ0n) is 17.7. The summed E-state index contributed by atoms with van der Waals surface area (Å²) in [6.07, 6.45) is -4.43. The predicted octanol–water partition coefficient (Wildman–Crippen LogP) is 5.91. The fourth-order valence-electron chi connectivity index (χ4n) is 3.52. The first-order valence-corrected chi connectivity index (χ1v) is 10.0. The van der Waals surface area contributed by atoms with Crippen molar-refractivity contribution in [1.29, 1.82) is 0 Å². The summed E-state index contributed by atoms with van der Waals surface area (Å²) in [6, 6.07) is 13.4. The number of rotatable bonds is 5. The average Bonchev–Trinajstić information content (AvgIpc) is 2.79. The van der Waals surface area contributed by atoms with E-state index in [-0.39, 0.29) is 5.69 Å². The van der Waals surface area contributed by atoms with Gasteiger partial charge in [-0.3, -0.25) is 0 Å². The van der Waals surface area contributed by atoms with E-state index in [9.17, 15) is 22.7 Å². The summed E-state index contributed by atoms with van der Waals surface area (Å²) in [7, 11) is 1.74. The Bertz CT molecular complexity index is 1320. The molecule has 0 saturated carbocycles. The maximum absolute atomic E-state index is 13.5. The number of anilines is 2. The van der Waals surface area contributed by atoms with Gasteiger partial charge in [0.1, 0.15) is 5.82 Å². The summed E-state index contributed by atoms with van der Waals surface area (Å²) in [6.45, 7) is 1.92. The second kappa shape index (κ2) is 8.67. The van der Waals surface area contributed by atoms with Gasteiger partial charge < -0.3 is 15.7 Å². The molecule has 1 heterocycles. The maximum Gasteiger partial charge on any atom is 0.419 e. The number of aliphatic hydroxyl groups excluding tert-OH is 1. The Balaban J connectivity index is 1.64. The molecule has 1 atom stereocenters. The molecule has 4 aromatic rings. The highest BCUT2D eigenvalue weighted by molar-refractivity contribution is 5.85. The van der Waals surface area contributed by atoms with Gasteiger partial charge in [-0.25, -0.2) is 14.4 Å². The molecular formula is C24H20F4N4O. The van der Waals surface area contributed by atoms with Crippen molar-refractivity contribution >= 4 is 22.5 Å². The van der Waals surface area contributed by atoms with Crippen LogP contribution in [0.3, 0.4) is 0 Å². The van der Waals surface area contributed by atoms with Crippen LogP contribution in [-0.4, -0.2) is 22.1 Å². The fourth-order valence-corrected chi connectivity index (χ4v) is 3.52. The molecule has 0 aliphatic carbocycles. The van der Waals surface area contributed by atoms with Crippen LogP contribution >= 0.6 is 0 Å². The number of aryl methyl sites for hydroxylation is 1. The van der Waals surface area contributed by atoms with E-state index >= 15 is 0 Å². The van der Waals surface area contributed by atoms with E-state index in [0.717, 1.165) is 39.7 Å². The first-order chi connectivity index (χ1) is 15.7. The number of alkyl halides is 3. The topological polar surface area (TPSA) is 70.1 Å². The van der Waals surface area contributed by atoms with Crippen LogP contribution in [0.15, 0.2) is 60.8 Å². The van der Waals surface area contributed by atoms with E-state index in [0.29, 0.717) is 17.6 Å². The number of hydrogen-bond donors (Lipinski definition) is 3. The Hall–Kier alpha value is -3.72. The van der Waals surface area contributed by atoms with Crippen molar-refractivity contribution < 1.29 is 22.7 Å². The van der Waals surface area contributed by atoms with Gasteiger partial charge in [0.15, 0.2) is 6.23 Å². The minimum absolute atomic E-state index is 0.0541. The van der Waals surface area contributed by atoms with E-state index in [1.807, 2.05) is 31.2 Å². The van der Waals surface area contributed by atoms with E-state index in [1.165, 1.54) is 0 Å². The number of nitrogens with zero attached hydrogens (tertiary/aromatic N) is 2. The lowest BCUT2D eigenvalue weighted by molar-refractivity contribution is -0.139. The van der Waals surface area contributed by atoms with Crippen LogP contribution in [0.4, 0.5) is 29.2 Å². The average molecular weight is 456 g/mol. The van der Waals surface area contributed by atoms with Crippen LogP contribution in [0.1, 0.15) is 22.9 Å². The van der Waals surface area contributed by atoms with Gasteiger partial charge >= 0.3 is 6.18 Å². The van der Waals surface area contributed by atoms with Crippen LogP contribution in [0.5, 0.6) is 0 Å². The minimum Gasteiger partial charge on any atom is -0.369 e. The quantitative estimate of drug-likeness (QED) is 0.257. The zero-order chi connectivity index (χ0) is 23.8. The Labute approximate surface area is 187 Å². The van der Waals surface area contributed by atoms with E-state index in [1.54, 1.807) is 25.4 Å². The Morgan fingerprint density at radius 3 is 2.52 bits per heavy atom. The van der Waals surface area contributed by atoms with E-state index in [2.05, 4.69) is 20.6 Å². The number of aliphatic hydroxyl groups is 1. The predicted molar refractivity (Wildman–Crippen MR) is 119 cm³/mol. The number of benzene rings is 3. The summed E-state index contributed by atoms with van der Waals surface area (Å²) in [5.74, 6) is -0.862. The number of nitrogens with one attached hydrogen (secondary N) is 2. The third kappa shape index (κ3) is 4.73. The second-order valence-electron chi connectivity index (χ2n) is 7.53. The lowest BCUT2D eigenvalue weighted by atomic mass is 9.96. The van der Waals surface area contributed by atoms with Crippen LogP contribution in [0, 0.1) is 12.7 Å². The van der Waals surface area contributed by atoms with Crippen LogP contribution in [0.25, 0.3) is 22.0 Å². The first-order valence-electron chi connectivity index (χ1n) is 10.0. The Morgan fingerprint density at radius 1 is 1.00 bits per heavy atom. The molecule has 33 heavy (non-hydrogen) atoms. The van der Waals surface area contributed by atoms with Crippen molar-refractivity contribution in [2.75, 3.05) is 17.7 Å². The molecule has 0 radical (unpaired) electrons. The van der Waals surface area contributed by atoms with E-state index in [4.69, 9.17) is 0 Å². The third-order valence-corrected chi connectivity index (χ3v) is 5.27. The molecule has 170 valence electrons. The molecule has 3 N–H and O–H groups in total. The van der Waals surface area contributed by atoms with Gasteiger partial charge in [0.2, 0.25) is 5.95 Å². The molecule has 0 fully saturated rings. The summed E-state index contributed by atoms with van der Waals surface area (Å²) in [4.78, 5) is 8.62. The number of halogens is 4. The van der Waals surface area contributed by atoms with Crippen LogP contribution in [0.2, 0.25) is 0 Å². The zero-order valence-corrected chi connectivity index (χ0v) is 17.7. The van der Waals surface area contributed by atoms with Crippen molar-refractivity contribution in [2.24, 2.45) is 0 Å². The molecule has 5 nitrogen and oxygen atoms in total. The molecule has 0 amide bonds. The summed E-state index contributed by atoms with van der Waals surface area (Å²) < 4.78 is 52.5. The van der Waals surface area contributed by atoms with Crippen molar-refractivity contribution in [3.05, 3.63) is 83.3 Å². The van der Waals surface area contributed by atoms with Crippen LogP contribution in [-0.2, 0) is 6.18 Å². The normalized spacial score (nSPS) is 12.6. The van der Waals surface area contributed by atoms with Crippen molar-refractivity contribution in [3.8, 4) is 11.1 Å². The Kier molecular flexibility index (Phi) is 5.90. The largest absolute Gasteiger partial charge is 0.419 e. The van der Waals surface area contributed by atoms with Gasteiger partial charge in [0, 0.05) is 29.9 Å². The van der Waals surface area contributed by atoms with Gasteiger partial charge in [0.05, 0.1) is 11.1 Å². The summed E-state index contributed by atoms with van der Waals surface area (Å²) in [5.41, 5.74) is 2.41. The highest BCUT2D eigenvalue weighted by Crippen LogP contribution is 2.34. The fraction of sp³-hybridized carbons (Fsp3) is 0.167. The molecule has 0 spiro atoms. The monoisotopic (exact) mass is 456 g/mol. The molecule has 0 saturated heterocycles. The first kappa shape index (κ1) is 22.5. The van der Waals surface area contributed by atoms with Crippen molar-refractivity contribution in [2.45, 2.75) is 19.3 Å². The van der Waals surface area contributed by atoms with Gasteiger partial charge in [0.25, 0.3) is 0 Å². The Morgan fingerprint density at radius 2 is 1.79 bits per heavy atom. The highest BCUT2D eigenvalue weighted by Gasteiger charge is 2.34. The lowest BCUT2D eigenvalue weighted by Crippen LogP contribution is -2.13. The molecule has 0 aliphatic heterocycles. The summed E-state index contributed by atoms with van der Waals surface area (Å²) in [5, 5.41) is 16.9. The highest BCUT2D eigenvalue weighted by atomic mass is 19.4. The number of aromatic nitrogens is 2. The molecule has 4 rings (SSSR count). The number of fused-ring (bicyclic) bond motifs is 1. The molecular weight excluding hydrogens is 436 g/mol. The standard InChI is InChI=1S/C24H20F4N4O/c1-13-3-4-15(22(33)31-17-6-7-20(25)19(11-17)24(26,27)28)10-18(13)14-5-8-21-16(9-14)12-30-23(29-2)32-21/h3-12,22,31,33H,1-2H3,(H,29,30,32). The molecule has 3 aromatic carbocycles. The molecule has 9 heteroatoms. The minimum atomic E-state index is -4.84. The SMILES string of the molecule is CNc1ncc2cc(-c3cc(C(O)Nc4ccc(F)c(C(F)(F)F)c4)ccc3C)ccc2n1. The smallest absolute Gasteiger partial charge is 0.369 e. The lowest BCUT2D eigenvalue weighted by Gasteiger charge is -2.18. The van der Waals surface area contributed by atoms with Crippen molar-refractivity contribution in [1.82, 2.24) is 9.97 Å². The molecule has 0 aliphatic rings. The van der Waals surface area contributed by atoms with Crippen LogP contribution < -0.4 is 10.6 Å². The number of hydrogen-bond acceptors (Lipinski definition) is 5. The van der Waals surface area contributed by atoms with E-state index < -0.39 is 23.8 Å². The molecule has 1 unspecified atom stereocenters. The van der Waals surface area contributed by atoms with Gasteiger partial charge in [-0.1, -0.05) is 18.2 Å². The third-order valence-electron chi connectivity index (χ3n) is 5.27. The molecule has 1 aromatic heterocycles.